The molecule has 106 valence electrons. The second kappa shape index (κ2) is 7.92. The SMILES string of the molecule is CC(C)CC(CN(C)C)NC(=O)NC(C)C(=O)O. The molecule has 0 aliphatic heterocycles. The Morgan fingerprint density at radius 3 is 2.11 bits per heavy atom. The quantitative estimate of drug-likeness (QED) is 0.629. The molecule has 0 rings (SSSR count). The summed E-state index contributed by atoms with van der Waals surface area (Å²) in [5.41, 5.74) is 0. The second-order valence-corrected chi connectivity index (χ2v) is 5.27. The van der Waals surface area contributed by atoms with E-state index in [1.54, 1.807) is 0 Å². The van der Waals surface area contributed by atoms with Crippen molar-refractivity contribution in [2.75, 3.05) is 20.6 Å². The molecule has 0 aliphatic carbocycles. The first kappa shape index (κ1) is 16.7. The fourth-order valence-corrected chi connectivity index (χ4v) is 1.67. The molecule has 0 spiro atoms. The third-order valence-electron chi connectivity index (χ3n) is 2.39. The van der Waals surface area contributed by atoms with Gasteiger partial charge in [-0.25, -0.2) is 4.79 Å². The molecule has 0 radical (unpaired) electrons. The van der Waals surface area contributed by atoms with Crippen LogP contribution in [0.4, 0.5) is 4.79 Å². The van der Waals surface area contributed by atoms with Crippen LogP contribution in [0.5, 0.6) is 0 Å². The standard InChI is InChI=1S/C12H25N3O3/c1-8(2)6-10(7-15(4)5)14-12(18)13-9(3)11(16)17/h8-10H,6-7H2,1-5H3,(H,16,17)(H2,13,14,18). The lowest BCUT2D eigenvalue weighted by molar-refractivity contribution is -0.138. The number of hydrogen-bond donors (Lipinski definition) is 3. The van der Waals surface area contributed by atoms with E-state index in [-0.39, 0.29) is 6.04 Å². The largest absolute Gasteiger partial charge is 0.480 e. The van der Waals surface area contributed by atoms with E-state index in [4.69, 9.17) is 5.11 Å². The Bertz CT molecular complexity index is 270. The number of amides is 2. The minimum atomic E-state index is -1.04. The molecule has 2 atom stereocenters. The van der Waals surface area contributed by atoms with Crippen LogP contribution in [0.15, 0.2) is 0 Å². The van der Waals surface area contributed by atoms with Gasteiger partial charge in [-0.15, -0.1) is 0 Å². The van der Waals surface area contributed by atoms with Crippen molar-refractivity contribution in [2.24, 2.45) is 5.92 Å². The predicted octanol–water partition coefficient (Wildman–Crippen LogP) is 0.735. The van der Waals surface area contributed by atoms with Crippen LogP contribution in [0.3, 0.4) is 0 Å². The summed E-state index contributed by atoms with van der Waals surface area (Å²) in [6.07, 6.45) is 0.854. The number of carboxylic acids is 1. The average molecular weight is 259 g/mol. The summed E-state index contributed by atoms with van der Waals surface area (Å²) in [5.74, 6) is -0.578. The molecule has 18 heavy (non-hydrogen) atoms. The molecule has 0 saturated heterocycles. The van der Waals surface area contributed by atoms with Gasteiger partial charge in [0, 0.05) is 12.6 Å². The van der Waals surface area contributed by atoms with Crippen LogP contribution in [0.25, 0.3) is 0 Å². The zero-order chi connectivity index (χ0) is 14.3. The highest BCUT2D eigenvalue weighted by atomic mass is 16.4. The van der Waals surface area contributed by atoms with Crippen molar-refractivity contribution < 1.29 is 14.7 Å². The normalized spacial score (nSPS) is 14.4. The van der Waals surface area contributed by atoms with Crippen molar-refractivity contribution in [3.63, 3.8) is 0 Å². The zero-order valence-corrected chi connectivity index (χ0v) is 11.9. The van der Waals surface area contributed by atoms with E-state index in [0.717, 1.165) is 13.0 Å². The Morgan fingerprint density at radius 2 is 1.72 bits per heavy atom. The van der Waals surface area contributed by atoms with Gasteiger partial charge in [-0.1, -0.05) is 13.8 Å². The van der Waals surface area contributed by atoms with E-state index in [1.165, 1.54) is 6.92 Å². The molecular weight excluding hydrogens is 234 g/mol. The lowest BCUT2D eigenvalue weighted by Crippen LogP contribution is -2.50. The number of rotatable bonds is 7. The first-order valence-corrected chi connectivity index (χ1v) is 6.17. The third-order valence-corrected chi connectivity index (χ3v) is 2.39. The number of hydrogen-bond acceptors (Lipinski definition) is 3. The molecule has 3 N–H and O–H groups in total. The Hall–Kier alpha value is -1.30. The molecule has 0 aromatic rings. The predicted molar refractivity (Wildman–Crippen MR) is 70.6 cm³/mol. The highest BCUT2D eigenvalue weighted by Gasteiger charge is 2.18. The number of aliphatic carboxylic acids is 1. The Balaban J connectivity index is 4.29. The Morgan fingerprint density at radius 1 is 1.17 bits per heavy atom. The van der Waals surface area contributed by atoms with E-state index < -0.39 is 18.0 Å². The van der Waals surface area contributed by atoms with Gasteiger partial charge < -0.3 is 20.6 Å². The molecule has 0 bridgehead atoms. The van der Waals surface area contributed by atoms with Crippen molar-refractivity contribution in [3.8, 4) is 0 Å². The average Bonchev–Trinajstić information content (AvgIpc) is 2.14. The minimum Gasteiger partial charge on any atom is -0.480 e. The third kappa shape index (κ3) is 7.89. The molecule has 2 unspecified atom stereocenters. The summed E-state index contributed by atoms with van der Waals surface area (Å²) in [4.78, 5) is 24.2. The van der Waals surface area contributed by atoms with Crippen LogP contribution >= 0.6 is 0 Å². The molecule has 0 heterocycles. The van der Waals surface area contributed by atoms with Crippen molar-refractivity contribution in [1.29, 1.82) is 0 Å². The van der Waals surface area contributed by atoms with Gasteiger partial charge in [0.1, 0.15) is 6.04 Å². The lowest BCUT2D eigenvalue weighted by atomic mass is 10.0. The lowest BCUT2D eigenvalue weighted by Gasteiger charge is -2.24. The summed E-state index contributed by atoms with van der Waals surface area (Å²) in [7, 11) is 3.87. The van der Waals surface area contributed by atoms with E-state index in [0.29, 0.717) is 5.92 Å². The van der Waals surface area contributed by atoms with Crippen molar-refractivity contribution in [1.82, 2.24) is 15.5 Å². The molecule has 0 aliphatic rings. The van der Waals surface area contributed by atoms with Crippen LogP contribution in [0.1, 0.15) is 27.2 Å². The van der Waals surface area contributed by atoms with E-state index >= 15 is 0 Å². The van der Waals surface area contributed by atoms with Gasteiger partial charge in [0.2, 0.25) is 0 Å². The van der Waals surface area contributed by atoms with Gasteiger partial charge in [-0.3, -0.25) is 4.79 Å². The zero-order valence-electron chi connectivity index (χ0n) is 11.9. The van der Waals surface area contributed by atoms with Gasteiger partial charge in [0.05, 0.1) is 0 Å². The van der Waals surface area contributed by atoms with Gasteiger partial charge in [-0.2, -0.15) is 0 Å². The maximum absolute atomic E-state index is 11.6. The first-order valence-electron chi connectivity index (χ1n) is 6.17. The van der Waals surface area contributed by atoms with Crippen LogP contribution in [0.2, 0.25) is 0 Å². The number of carbonyl (C=O) groups excluding carboxylic acids is 1. The molecular formula is C12H25N3O3. The number of urea groups is 1. The number of likely N-dealkylation sites (N-methyl/N-ethyl adjacent to an activating group) is 1. The molecule has 0 fully saturated rings. The fourth-order valence-electron chi connectivity index (χ4n) is 1.67. The van der Waals surface area contributed by atoms with Gasteiger partial charge in [-0.05, 0) is 33.4 Å². The maximum Gasteiger partial charge on any atom is 0.325 e. The summed E-state index contributed by atoms with van der Waals surface area (Å²) >= 11 is 0. The summed E-state index contributed by atoms with van der Waals surface area (Å²) in [5, 5.41) is 13.9. The van der Waals surface area contributed by atoms with Crippen LogP contribution < -0.4 is 10.6 Å². The molecule has 6 heteroatoms. The minimum absolute atomic E-state index is 0.0148. The van der Waals surface area contributed by atoms with E-state index in [2.05, 4.69) is 24.5 Å². The van der Waals surface area contributed by atoms with Crippen molar-refractivity contribution in [3.05, 3.63) is 0 Å². The molecule has 0 saturated carbocycles. The number of nitrogens with zero attached hydrogens (tertiary/aromatic N) is 1. The molecule has 0 aromatic heterocycles. The number of carboxylic acid groups (broad SMARTS) is 1. The maximum atomic E-state index is 11.6. The van der Waals surface area contributed by atoms with Crippen molar-refractivity contribution in [2.45, 2.75) is 39.3 Å². The van der Waals surface area contributed by atoms with Gasteiger partial charge in [0.15, 0.2) is 0 Å². The highest BCUT2D eigenvalue weighted by Crippen LogP contribution is 2.05. The monoisotopic (exact) mass is 259 g/mol. The first-order chi connectivity index (χ1) is 8.22. The second-order valence-electron chi connectivity index (χ2n) is 5.27. The summed E-state index contributed by atoms with van der Waals surface area (Å²) in [6, 6.07) is -1.30. The topological polar surface area (TPSA) is 81.7 Å². The van der Waals surface area contributed by atoms with Crippen LogP contribution in [-0.4, -0.2) is 54.7 Å². The fraction of sp³-hybridized carbons (Fsp3) is 0.833. The highest BCUT2D eigenvalue weighted by molar-refractivity contribution is 5.82. The summed E-state index contributed by atoms with van der Waals surface area (Å²) in [6.45, 7) is 6.34. The number of nitrogens with one attached hydrogen (secondary N) is 2. The Labute approximate surface area is 109 Å². The molecule has 2 amide bonds. The summed E-state index contributed by atoms with van der Waals surface area (Å²) < 4.78 is 0. The smallest absolute Gasteiger partial charge is 0.325 e. The van der Waals surface area contributed by atoms with E-state index in [1.807, 2.05) is 19.0 Å². The van der Waals surface area contributed by atoms with Crippen molar-refractivity contribution >= 4 is 12.0 Å². The van der Waals surface area contributed by atoms with Gasteiger partial charge >= 0.3 is 12.0 Å². The Kier molecular flexibility index (Phi) is 7.35. The number of carbonyl (C=O) groups is 2. The van der Waals surface area contributed by atoms with Crippen LogP contribution in [-0.2, 0) is 4.79 Å². The van der Waals surface area contributed by atoms with Crippen LogP contribution in [0, 0.1) is 5.92 Å². The van der Waals surface area contributed by atoms with E-state index in [9.17, 15) is 9.59 Å². The molecule has 0 aromatic carbocycles. The molecule has 6 nitrogen and oxygen atoms in total. The van der Waals surface area contributed by atoms with Gasteiger partial charge in [0.25, 0.3) is 0 Å².